The minimum absolute atomic E-state index is 0.0898. The lowest BCUT2D eigenvalue weighted by Gasteiger charge is -2.14. The largest absolute Gasteiger partial charge is 0.496 e. The Labute approximate surface area is 127 Å². The van der Waals surface area contributed by atoms with Crippen molar-refractivity contribution in [3.8, 4) is 5.75 Å². The number of aryl methyl sites for hydroxylation is 1. The van der Waals surface area contributed by atoms with Crippen molar-refractivity contribution in [2.45, 2.75) is 12.8 Å². The van der Waals surface area contributed by atoms with Crippen LogP contribution in [-0.4, -0.2) is 13.0 Å². The molecule has 0 aliphatic carbocycles. The van der Waals surface area contributed by atoms with Gasteiger partial charge in [-0.25, -0.2) is 4.39 Å². The molecular formula is C16H15ClFNO2. The van der Waals surface area contributed by atoms with Crippen LogP contribution < -0.4 is 10.5 Å². The molecule has 2 N–H and O–H groups in total. The van der Waals surface area contributed by atoms with Gasteiger partial charge < -0.3 is 10.5 Å². The zero-order valence-electron chi connectivity index (χ0n) is 11.5. The number of methoxy groups -OCH3 is 1. The van der Waals surface area contributed by atoms with Gasteiger partial charge >= 0.3 is 0 Å². The average Bonchev–Trinajstić information content (AvgIpc) is 2.49. The Morgan fingerprint density at radius 1 is 1.29 bits per heavy atom. The number of hydrogen-bond acceptors (Lipinski definition) is 2. The van der Waals surface area contributed by atoms with E-state index in [0.717, 1.165) is 5.56 Å². The molecule has 0 radical (unpaired) electrons. The summed E-state index contributed by atoms with van der Waals surface area (Å²) in [6.45, 7) is 0. The van der Waals surface area contributed by atoms with Gasteiger partial charge in [-0.1, -0.05) is 41.9 Å². The zero-order valence-corrected chi connectivity index (χ0v) is 12.3. The summed E-state index contributed by atoms with van der Waals surface area (Å²) in [6, 6.07) is 10.8. The number of amides is 1. The number of benzene rings is 2. The van der Waals surface area contributed by atoms with E-state index < -0.39 is 11.7 Å². The molecule has 0 bridgehead atoms. The molecule has 21 heavy (non-hydrogen) atoms. The maximum Gasteiger partial charge on any atom is 0.252 e. The second-order valence-electron chi connectivity index (χ2n) is 4.58. The van der Waals surface area contributed by atoms with Gasteiger partial charge in [0.1, 0.15) is 11.6 Å². The van der Waals surface area contributed by atoms with Crippen LogP contribution in [-0.2, 0) is 12.8 Å². The number of nitrogens with two attached hydrogens (primary N) is 1. The first-order valence-corrected chi connectivity index (χ1v) is 6.81. The lowest BCUT2D eigenvalue weighted by atomic mass is 10.00. The quantitative estimate of drug-likeness (QED) is 0.920. The van der Waals surface area contributed by atoms with Crippen molar-refractivity contribution in [3.63, 3.8) is 0 Å². The van der Waals surface area contributed by atoms with Crippen molar-refractivity contribution in [2.24, 2.45) is 5.73 Å². The molecular weight excluding hydrogens is 293 g/mol. The highest BCUT2D eigenvalue weighted by atomic mass is 35.5. The summed E-state index contributed by atoms with van der Waals surface area (Å²) < 4.78 is 19.4. The van der Waals surface area contributed by atoms with E-state index in [-0.39, 0.29) is 21.9 Å². The lowest BCUT2D eigenvalue weighted by molar-refractivity contribution is 0.0997. The fourth-order valence-corrected chi connectivity index (χ4v) is 2.44. The molecule has 5 heteroatoms. The van der Waals surface area contributed by atoms with Gasteiger partial charge in [-0.15, -0.1) is 0 Å². The lowest BCUT2D eigenvalue weighted by Crippen LogP contribution is -2.15. The van der Waals surface area contributed by atoms with Gasteiger partial charge in [-0.05, 0) is 24.5 Å². The van der Waals surface area contributed by atoms with Crippen molar-refractivity contribution in [1.82, 2.24) is 0 Å². The highest BCUT2D eigenvalue weighted by Crippen LogP contribution is 2.32. The van der Waals surface area contributed by atoms with Crippen molar-refractivity contribution >= 4 is 17.5 Å². The molecule has 2 rings (SSSR count). The Bertz CT molecular complexity index is 659. The van der Waals surface area contributed by atoms with Gasteiger partial charge in [0.2, 0.25) is 0 Å². The van der Waals surface area contributed by atoms with Crippen LogP contribution >= 0.6 is 11.6 Å². The topological polar surface area (TPSA) is 52.3 Å². The molecule has 110 valence electrons. The number of carbonyl (C=O) groups is 1. The minimum Gasteiger partial charge on any atom is -0.496 e. The Morgan fingerprint density at radius 2 is 1.95 bits per heavy atom. The molecule has 3 nitrogen and oxygen atoms in total. The van der Waals surface area contributed by atoms with Crippen LogP contribution in [0.15, 0.2) is 36.4 Å². The van der Waals surface area contributed by atoms with E-state index in [0.29, 0.717) is 12.8 Å². The summed E-state index contributed by atoms with van der Waals surface area (Å²) in [5.41, 5.74) is 6.70. The fraction of sp³-hybridized carbons (Fsp3) is 0.188. The summed E-state index contributed by atoms with van der Waals surface area (Å²) in [4.78, 5) is 11.4. The molecule has 0 saturated heterocycles. The summed E-state index contributed by atoms with van der Waals surface area (Å²) in [7, 11) is 1.38. The standard InChI is InChI=1S/C16H15ClFNO2/c1-21-15-11(8-7-10-5-3-2-4-6-10)14(18)13(17)9-12(15)16(19)20/h2-6,9H,7-8H2,1H3,(H2,19,20). The first-order valence-electron chi connectivity index (χ1n) is 6.43. The average molecular weight is 308 g/mol. The monoisotopic (exact) mass is 307 g/mol. The third kappa shape index (κ3) is 3.34. The Balaban J connectivity index is 2.39. The van der Waals surface area contributed by atoms with Crippen LogP contribution in [0.3, 0.4) is 0 Å². The first kappa shape index (κ1) is 15.3. The highest BCUT2D eigenvalue weighted by molar-refractivity contribution is 6.31. The van der Waals surface area contributed by atoms with Crippen LogP contribution in [0, 0.1) is 5.82 Å². The fourth-order valence-electron chi connectivity index (χ4n) is 2.22. The summed E-state index contributed by atoms with van der Waals surface area (Å²) in [5.74, 6) is -1.12. The summed E-state index contributed by atoms with van der Waals surface area (Å²) in [5, 5.41) is -0.132. The molecule has 0 saturated carbocycles. The Morgan fingerprint density at radius 3 is 2.52 bits per heavy atom. The minimum atomic E-state index is -0.699. The third-order valence-electron chi connectivity index (χ3n) is 3.24. The molecule has 0 aliphatic rings. The predicted octanol–water partition coefficient (Wildman–Crippen LogP) is 3.37. The smallest absolute Gasteiger partial charge is 0.252 e. The number of halogens is 2. The molecule has 0 atom stereocenters. The van der Waals surface area contributed by atoms with Crippen LogP contribution in [0.5, 0.6) is 5.75 Å². The van der Waals surface area contributed by atoms with Gasteiger partial charge in [0.05, 0.1) is 17.7 Å². The molecule has 0 aromatic heterocycles. The van der Waals surface area contributed by atoms with Gasteiger partial charge in [-0.3, -0.25) is 4.79 Å². The van der Waals surface area contributed by atoms with E-state index in [1.807, 2.05) is 30.3 Å². The van der Waals surface area contributed by atoms with Gasteiger partial charge in [0.25, 0.3) is 5.91 Å². The zero-order chi connectivity index (χ0) is 15.4. The number of ether oxygens (including phenoxy) is 1. The number of carbonyl (C=O) groups excluding carboxylic acids is 1. The van der Waals surface area contributed by atoms with E-state index >= 15 is 0 Å². The molecule has 1 amide bonds. The second kappa shape index (κ2) is 6.59. The molecule has 0 unspecified atom stereocenters. The van der Waals surface area contributed by atoms with E-state index in [1.54, 1.807) is 0 Å². The molecule has 2 aromatic rings. The summed E-state index contributed by atoms with van der Waals surface area (Å²) in [6.07, 6.45) is 0.965. The van der Waals surface area contributed by atoms with Crippen molar-refractivity contribution in [2.75, 3.05) is 7.11 Å². The Kier molecular flexibility index (Phi) is 4.81. The van der Waals surface area contributed by atoms with E-state index in [2.05, 4.69) is 0 Å². The predicted molar refractivity (Wildman–Crippen MR) is 80.3 cm³/mol. The maximum absolute atomic E-state index is 14.2. The highest BCUT2D eigenvalue weighted by Gasteiger charge is 2.20. The van der Waals surface area contributed by atoms with Crippen LogP contribution in [0.1, 0.15) is 21.5 Å². The summed E-state index contributed by atoms with van der Waals surface area (Å²) >= 11 is 5.84. The van der Waals surface area contributed by atoms with Gasteiger partial charge in [-0.2, -0.15) is 0 Å². The van der Waals surface area contributed by atoms with Crippen LogP contribution in [0.25, 0.3) is 0 Å². The van der Waals surface area contributed by atoms with Crippen LogP contribution in [0.2, 0.25) is 5.02 Å². The van der Waals surface area contributed by atoms with Gasteiger partial charge in [0.15, 0.2) is 0 Å². The van der Waals surface area contributed by atoms with Crippen LogP contribution in [0.4, 0.5) is 4.39 Å². The number of primary amides is 1. The molecule has 0 heterocycles. The van der Waals surface area contributed by atoms with Crippen molar-refractivity contribution < 1.29 is 13.9 Å². The van der Waals surface area contributed by atoms with Crippen molar-refractivity contribution in [3.05, 3.63) is 63.9 Å². The number of rotatable bonds is 5. The third-order valence-corrected chi connectivity index (χ3v) is 3.52. The van der Waals surface area contributed by atoms with E-state index in [9.17, 15) is 9.18 Å². The maximum atomic E-state index is 14.2. The van der Waals surface area contributed by atoms with E-state index in [1.165, 1.54) is 13.2 Å². The molecule has 0 aliphatic heterocycles. The second-order valence-corrected chi connectivity index (χ2v) is 4.99. The first-order chi connectivity index (χ1) is 10.0. The van der Waals surface area contributed by atoms with Crippen molar-refractivity contribution in [1.29, 1.82) is 0 Å². The molecule has 2 aromatic carbocycles. The van der Waals surface area contributed by atoms with E-state index in [4.69, 9.17) is 22.1 Å². The molecule has 0 spiro atoms. The molecule has 0 fully saturated rings. The Hall–Kier alpha value is -2.07. The SMILES string of the molecule is COc1c(C(N)=O)cc(Cl)c(F)c1CCc1ccccc1. The normalized spacial score (nSPS) is 10.4. The number of hydrogen-bond donors (Lipinski definition) is 1. The van der Waals surface area contributed by atoms with Gasteiger partial charge in [0, 0.05) is 5.56 Å².